The minimum absolute atomic E-state index is 0.348. The van der Waals surface area contributed by atoms with Crippen molar-refractivity contribution in [3.63, 3.8) is 0 Å². The average molecular weight is 262 g/mol. The van der Waals surface area contributed by atoms with Crippen molar-refractivity contribution in [3.05, 3.63) is 0 Å². The molecule has 0 fully saturated rings. The van der Waals surface area contributed by atoms with E-state index in [2.05, 4.69) is 4.74 Å². The topological polar surface area (TPSA) is 99.1 Å². The third-order valence-electron chi connectivity index (χ3n) is 1.95. The van der Waals surface area contributed by atoms with Gasteiger partial charge < -0.3 is 19.3 Å². The summed E-state index contributed by atoms with van der Waals surface area (Å²) in [5.74, 6) is -1.78. The maximum absolute atomic E-state index is 10.9. The highest BCUT2D eigenvalue weighted by atomic mass is 16.6. The summed E-state index contributed by atoms with van der Waals surface area (Å²) in [7, 11) is 0. The van der Waals surface area contributed by atoms with Gasteiger partial charge in [0, 0.05) is 20.8 Å². The molecule has 0 aliphatic carbocycles. The van der Waals surface area contributed by atoms with E-state index in [1.165, 1.54) is 20.8 Å². The molecule has 0 bridgehead atoms. The van der Waals surface area contributed by atoms with Crippen LogP contribution in [0.5, 0.6) is 0 Å². The Hall–Kier alpha value is -1.63. The number of rotatable bonds is 6. The predicted molar refractivity (Wildman–Crippen MR) is 59.4 cm³/mol. The van der Waals surface area contributed by atoms with Crippen LogP contribution in [0.2, 0.25) is 0 Å². The number of carbonyl (C=O) groups is 3. The number of aliphatic hydroxyl groups is 1. The van der Waals surface area contributed by atoms with Crippen LogP contribution in [0.15, 0.2) is 0 Å². The molecule has 0 aromatic rings. The maximum Gasteiger partial charge on any atom is 0.303 e. The van der Waals surface area contributed by atoms with Gasteiger partial charge in [0.05, 0.1) is 0 Å². The summed E-state index contributed by atoms with van der Waals surface area (Å²) in [5, 5.41) is 9.74. The van der Waals surface area contributed by atoms with E-state index in [0.29, 0.717) is 0 Å². The fourth-order valence-electron chi connectivity index (χ4n) is 1.31. The number of carbonyl (C=O) groups excluding carboxylic acids is 3. The van der Waals surface area contributed by atoms with E-state index in [-0.39, 0.29) is 6.61 Å². The molecule has 0 saturated carbocycles. The molecule has 7 heteroatoms. The quantitative estimate of drug-likeness (QED) is 0.522. The molecular formula is C11H18O7. The summed E-state index contributed by atoms with van der Waals surface area (Å²) < 4.78 is 14.3. The molecule has 0 heterocycles. The first-order chi connectivity index (χ1) is 8.23. The Bertz CT molecular complexity index is 313. The normalized spacial score (nSPS) is 15.2. The van der Waals surface area contributed by atoms with Crippen LogP contribution in [-0.2, 0) is 28.6 Å². The highest BCUT2D eigenvalue weighted by Gasteiger charge is 2.31. The van der Waals surface area contributed by atoms with E-state index in [4.69, 9.17) is 9.47 Å². The van der Waals surface area contributed by atoms with Crippen molar-refractivity contribution < 1.29 is 33.7 Å². The number of hydrogen-bond acceptors (Lipinski definition) is 7. The van der Waals surface area contributed by atoms with Gasteiger partial charge >= 0.3 is 17.9 Å². The fraction of sp³-hybridized carbons (Fsp3) is 0.727. The van der Waals surface area contributed by atoms with Crippen LogP contribution in [0, 0.1) is 0 Å². The molecule has 0 rings (SSSR count). The second-order valence-corrected chi connectivity index (χ2v) is 3.76. The second kappa shape index (κ2) is 7.65. The summed E-state index contributed by atoms with van der Waals surface area (Å²) in [6, 6.07) is 0. The van der Waals surface area contributed by atoms with Crippen molar-refractivity contribution in [2.24, 2.45) is 0 Å². The van der Waals surface area contributed by atoms with Crippen LogP contribution in [0.1, 0.15) is 27.7 Å². The lowest BCUT2D eigenvalue weighted by molar-refractivity contribution is -0.177. The molecule has 0 amide bonds. The summed E-state index contributed by atoms with van der Waals surface area (Å²) in [5.41, 5.74) is 0. The van der Waals surface area contributed by atoms with Gasteiger partial charge in [-0.2, -0.15) is 0 Å². The first-order valence-corrected chi connectivity index (χ1v) is 5.40. The van der Waals surface area contributed by atoms with Crippen molar-refractivity contribution in [1.29, 1.82) is 0 Å². The first kappa shape index (κ1) is 16.4. The van der Waals surface area contributed by atoms with Gasteiger partial charge in [0.15, 0.2) is 6.10 Å². The Balaban J connectivity index is 4.58. The summed E-state index contributed by atoms with van der Waals surface area (Å²) in [4.78, 5) is 32.3. The molecule has 7 nitrogen and oxygen atoms in total. The van der Waals surface area contributed by atoms with Gasteiger partial charge in [-0.15, -0.1) is 0 Å². The van der Waals surface area contributed by atoms with Crippen LogP contribution >= 0.6 is 0 Å². The number of hydrogen-bond donors (Lipinski definition) is 1. The van der Waals surface area contributed by atoms with Gasteiger partial charge in [0.2, 0.25) is 0 Å². The van der Waals surface area contributed by atoms with Crippen molar-refractivity contribution in [2.45, 2.75) is 46.0 Å². The fourth-order valence-corrected chi connectivity index (χ4v) is 1.31. The highest BCUT2D eigenvalue weighted by molar-refractivity contribution is 5.67. The molecule has 0 aliphatic heterocycles. The smallest absolute Gasteiger partial charge is 0.303 e. The van der Waals surface area contributed by atoms with E-state index in [1.807, 2.05) is 0 Å². The third-order valence-corrected chi connectivity index (χ3v) is 1.95. The van der Waals surface area contributed by atoms with Gasteiger partial charge in [-0.1, -0.05) is 0 Å². The Morgan fingerprint density at radius 1 is 1.00 bits per heavy atom. The second-order valence-electron chi connectivity index (χ2n) is 3.76. The van der Waals surface area contributed by atoms with Crippen LogP contribution in [-0.4, -0.2) is 47.9 Å². The van der Waals surface area contributed by atoms with E-state index < -0.39 is 36.2 Å². The lowest BCUT2D eigenvalue weighted by Crippen LogP contribution is -2.44. The zero-order valence-electron chi connectivity index (χ0n) is 10.8. The summed E-state index contributed by atoms with van der Waals surface area (Å²) in [6.45, 7) is 4.65. The standard InChI is InChI=1S/C11H18O7/c1-6(17-8(3)13)11(18-9(4)14)10(15)5-16-7(2)12/h6,10-11,15H,5H2,1-4H3/t6-,10?,11+/m1/s1. The predicted octanol–water partition coefficient (Wildman–Crippen LogP) is -0.206. The zero-order chi connectivity index (χ0) is 14.3. The lowest BCUT2D eigenvalue weighted by Gasteiger charge is -2.27. The minimum atomic E-state index is -1.27. The van der Waals surface area contributed by atoms with Crippen LogP contribution < -0.4 is 0 Å². The lowest BCUT2D eigenvalue weighted by atomic mass is 10.1. The van der Waals surface area contributed by atoms with E-state index in [1.54, 1.807) is 0 Å². The molecule has 0 aliphatic rings. The van der Waals surface area contributed by atoms with Crippen molar-refractivity contribution in [1.82, 2.24) is 0 Å². The van der Waals surface area contributed by atoms with E-state index in [0.717, 1.165) is 6.92 Å². The van der Waals surface area contributed by atoms with Gasteiger partial charge in [-0.05, 0) is 6.92 Å². The van der Waals surface area contributed by atoms with E-state index in [9.17, 15) is 19.5 Å². The van der Waals surface area contributed by atoms with Gasteiger partial charge in [0.1, 0.15) is 18.8 Å². The molecule has 3 atom stereocenters. The van der Waals surface area contributed by atoms with Crippen LogP contribution in [0.4, 0.5) is 0 Å². The van der Waals surface area contributed by atoms with E-state index >= 15 is 0 Å². The molecule has 0 aromatic heterocycles. The van der Waals surface area contributed by atoms with Crippen molar-refractivity contribution >= 4 is 17.9 Å². The van der Waals surface area contributed by atoms with Gasteiger partial charge in [-0.25, -0.2) is 0 Å². The van der Waals surface area contributed by atoms with Crippen LogP contribution in [0.25, 0.3) is 0 Å². The average Bonchev–Trinajstić information content (AvgIpc) is 2.21. The first-order valence-electron chi connectivity index (χ1n) is 5.40. The summed E-state index contributed by atoms with van der Waals surface area (Å²) >= 11 is 0. The number of aliphatic hydroxyl groups excluding tert-OH is 1. The molecular weight excluding hydrogens is 244 g/mol. The number of ether oxygens (including phenoxy) is 3. The third kappa shape index (κ3) is 6.85. The van der Waals surface area contributed by atoms with Gasteiger partial charge in [-0.3, -0.25) is 14.4 Å². The van der Waals surface area contributed by atoms with Gasteiger partial charge in [0.25, 0.3) is 0 Å². The summed E-state index contributed by atoms with van der Waals surface area (Å²) in [6.07, 6.45) is -3.21. The van der Waals surface area contributed by atoms with Crippen molar-refractivity contribution in [2.75, 3.05) is 6.61 Å². The molecule has 18 heavy (non-hydrogen) atoms. The maximum atomic E-state index is 10.9. The minimum Gasteiger partial charge on any atom is -0.463 e. The van der Waals surface area contributed by atoms with Crippen molar-refractivity contribution in [3.8, 4) is 0 Å². The number of esters is 3. The SMILES string of the molecule is CC(=O)OCC(O)[C@@H](OC(C)=O)[C@@H](C)OC(C)=O. The van der Waals surface area contributed by atoms with Crippen LogP contribution in [0.3, 0.4) is 0 Å². The molecule has 1 N–H and O–H groups in total. The monoisotopic (exact) mass is 262 g/mol. The molecule has 0 aromatic carbocycles. The Labute approximate surface area is 105 Å². The molecule has 0 spiro atoms. The Morgan fingerprint density at radius 3 is 1.89 bits per heavy atom. The molecule has 0 radical (unpaired) electrons. The molecule has 1 unspecified atom stereocenters. The Morgan fingerprint density at radius 2 is 1.50 bits per heavy atom. The zero-order valence-corrected chi connectivity index (χ0v) is 10.8. The highest BCUT2D eigenvalue weighted by Crippen LogP contribution is 2.10. The Kier molecular flexibility index (Phi) is 6.96. The largest absolute Gasteiger partial charge is 0.463 e. The molecule has 104 valence electrons. The molecule has 0 saturated heterocycles.